The van der Waals surface area contributed by atoms with E-state index in [4.69, 9.17) is 32.7 Å². The van der Waals surface area contributed by atoms with Gasteiger partial charge in [-0.2, -0.15) is 13.2 Å². The lowest BCUT2D eigenvalue weighted by atomic mass is 10.0. The topological polar surface area (TPSA) is 35.5 Å². The first-order chi connectivity index (χ1) is 12.2. The molecule has 0 N–H and O–H groups in total. The molecule has 0 bridgehead atoms. The number of alkyl halides is 4. The standard InChI is InChI=1S/C17H12BrCl2F3O3/c1-25-16(24)12(8-18)9-3-2-4-11(5-9)26-15-13(19)6-10(7-14(15)20)17(21,22)23/h2-7,12H,8H2,1H3. The summed E-state index contributed by atoms with van der Waals surface area (Å²) in [5, 5.41) is -0.231. The third-order valence-corrected chi connectivity index (χ3v) is 4.65. The molecule has 2 aromatic carbocycles. The molecule has 0 aliphatic heterocycles. The van der Waals surface area contributed by atoms with Gasteiger partial charge in [-0.05, 0) is 29.8 Å². The van der Waals surface area contributed by atoms with Gasteiger partial charge in [0.2, 0.25) is 0 Å². The van der Waals surface area contributed by atoms with E-state index in [-0.39, 0.29) is 21.5 Å². The van der Waals surface area contributed by atoms with Crippen LogP contribution in [0, 0.1) is 0 Å². The van der Waals surface area contributed by atoms with E-state index >= 15 is 0 Å². The van der Waals surface area contributed by atoms with Gasteiger partial charge in [-0.3, -0.25) is 4.79 Å². The lowest BCUT2D eigenvalue weighted by Gasteiger charge is -2.15. The summed E-state index contributed by atoms with van der Waals surface area (Å²) in [4.78, 5) is 11.8. The van der Waals surface area contributed by atoms with E-state index in [1.54, 1.807) is 24.3 Å². The van der Waals surface area contributed by atoms with Crippen molar-refractivity contribution in [2.24, 2.45) is 0 Å². The molecule has 0 aliphatic carbocycles. The fourth-order valence-electron chi connectivity index (χ4n) is 2.16. The predicted octanol–water partition coefficient (Wildman–Crippen LogP) is 6.46. The van der Waals surface area contributed by atoms with Crippen molar-refractivity contribution in [2.45, 2.75) is 12.1 Å². The normalized spacial score (nSPS) is 12.6. The third kappa shape index (κ3) is 4.84. The Hall–Kier alpha value is -1.44. The van der Waals surface area contributed by atoms with Crippen LogP contribution in [-0.2, 0) is 15.7 Å². The van der Waals surface area contributed by atoms with Crippen LogP contribution in [0.2, 0.25) is 10.0 Å². The molecule has 3 nitrogen and oxygen atoms in total. The lowest BCUT2D eigenvalue weighted by Crippen LogP contribution is -2.15. The zero-order valence-corrected chi connectivity index (χ0v) is 16.3. The molecular weight excluding hydrogens is 460 g/mol. The molecule has 0 amide bonds. The molecule has 26 heavy (non-hydrogen) atoms. The van der Waals surface area contributed by atoms with Crippen LogP contribution in [0.15, 0.2) is 36.4 Å². The van der Waals surface area contributed by atoms with E-state index in [0.717, 1.165) is 12.1 Å². The van der Waals surface area contributed by atoms with Gasteiger partial charge in [0.05, 0.1) is 28.6 Å². The number of carbonyl (C=O) groups is 1. The highest BCUT2D eigenvalue weighted by atomic mass is 79.9. The molecule has 2 aromatic rings. The van der Waals surface area contributed by atoms with E-state index in [9.17, 15) is 18.0 Å². The fourth-order valence-corrected chi connectivity index (χ4v) is 3.37. The van der Waals surface area contributed by atoms with Gasteiger partial charge in [-0.25, -0.2) is 0 Å². The maximum atomic E-state index is 12.8. The second-order valence-corrected chi connectivity index (χ2v) is 6.63. The Kier molecular flexibility index (Phi) is 6.82. The predicted molar refractivity (Wildman–Crippen MR) is 96.5 cm³/mol. The number of ether oxygens (including phenoxy) is 2. The van der Waals surface area contributed by atoms with Crippen molar-refractivity contribution >= 4 is 45.1 Å². The molecule has 1 unspecified atom stereocenters. The number of halogens is 6. The first-order valence-corrected chi connectivity index (χ1v) is 9.03. The summed E-state index contributed by atoms with van der Waals surface area (Å²) in [5.74, 6) is -0.848. The van der Waals surface area contributed by atoms with Crippen molar-refractivity contribution in [1.29, 1.82) is 0 Å². The zero-order chi connectivity index (χ0) is 19.5. The minimum Gasteiger partial charge on any atom is -0.469 e. The summed E-state index contributed by atoms with van der Waals surface area (Å²) in [6.07, 6.45) is -4.57. The van der Waals surface area contributed by atoms with Crippen molar-refractivity contribution in [3.63, 3.8) is 0 Å². The van der Waals surface area contributed by atoms with Crippen LogP contribution < -0.4 is 4.74 Å². The molecule has 0 spiro atoms. The fraction of sp³-hybridized carbons (Fsp3) is 0.235. The number of rotatable bonds is 5. The molecule has 140 valence electrons. The first-order valence-electron chi connectivity index (χ1n) is 7.15. The summed E-state index contributed by atoms with van der Waals surface area (Å²) in [5.41, 5.74) is -0.371. The largest absolute Gasteiger partial charge is 0.469 e. The SMILES string of the molecule is COC(=O)C(CBr)c1cccc(Oc2c(Cl)cc(C(F)(F)F)cc2Cl)c1. The Balaban J connectivity index is 2.35. The van der Waals surface area contributed by atoms with E-state index in [2.05, 4.69) is 15.9 Å². The summed E-state index contributed by atoms with van der Waals surface area (Å²) in [7, 11) is 1.28. The van der Waals surface area contributed by atoms with E-state index in [1.807, 2.05) is 0 Å². The van der Waals surface area contributed by atoms with Gasteiger partial charge in [0.15, 0.2) is 5.75 Å². The molecule has 0 saturated carbocycles. The van der Waals surface area contributed by atoms with Gasteiger partial charge in [-0.15, -0.1) is 0 Å². The van der Waals surface area contributed by atoms with Gasteiger partial charge in [0, 0.05) is 5.33 Å². The second-order valence-electron chi connectivity index (χ2n) is 5.17. The Bertz CT molecular complexity index is 789. The number of methoxy groups -OCH3 is 1. The number of hydrogen-bond acceptors (Lipinski definition) is 3. The highest BCUT2D eigenvalue weighted by Gasteiger charge is 2.32. The molecule has 0 radical (unpaired) electrons. The number of benzene rings is 2. The molecule has 2 rings (SSSR count). The Labute approximate surface area is 166 Å². The first kappa shape index (κ1) is 20.9. The molecule has 9 heteroatoms. The molecule has 0 aromatic heterocycles. The minimum absolute atomic E-state index is 0.105. The van der Waals surface area contributed by atoms with Crippen LogP contribution in [0.5, 0.6) is 11.5 Å². The van der Waals surface area contributed by atoms with Gasteiger partial charge in [-0.1, -0.05) is 51.3 Å². The van der Waals surface area contributed by atoms with Crippen molar-refractivity contribution in [3.8, 4) is 11.5 Å². The summed E-state index contributed by atoms with van der Waals surface area (Å²) >= 11 is 15.0. The van der Waals surface area contributed by atoms with Crippen molar-refractivity contribution in [2.75, 3.05) is 12.4 Å². The lowest BCUT2D eigenvalue weighted by molar-refractivity contribution is -0.141. The van der Waals surface area contributed by atoms with Gasteiger partial charge in [0.1, 0.15) is 5.75 Å². The Morgan fingerprint density at radius 1 is 1.19 bits per heavy atom. The molecule has 0 saturated heterocycles. The monoisotopic (exact) mass is 470 g/mol. The summed E-state index contributed by atoms with van der Waals surface area (Å²) in [6.45, 7) is 0. The van der Waals surface area contributed by atoms with Gasteiger partial charge >= 0.3 is 12.1 Å². The second kappa shape index (κ2) is 8.50. The van der Waals surface area contributed by atoms with Crippen molar-refractivity contribution < 1.29 is 27.4 Å². The Morgan fingerprint density at radius 3 is 2.31 bits per heavy atom. The van der Waals surface area contributed by atoms with E-state index < -0.39 is 23.6 Å². The number of carbonyl (C=O) groups excluding carboxylic acids is 1. The number of esters is 1. The molecule has 0 fully saturated rings. The number of hydrogen-bond donors (Lipinski definition) is 0. The van der Waals surface area contributed by atoms with Gasteiger partial charge < -0.3 is 9.47 Å². The van der Waals surface area contributed by atoms with Crippen LogP contribution in [0.25, 0.3) is 0 Å². The smallest absolute Gasteiger partial charge is 0.416 e. The summed E-state index contributed by atoms with van der Waals surface area (Å²) < 4.78 is 48.7. The summed E-state index contributed by atoms with van der Waals surface area (Å²) in [6, 6.07) is 7.94. The van der Waals surface area contributed by atoms with Crippen LogP contribution in [0.3, 0.4) is 0 Å². The molecule has 1 atom stereocenters. The third-order valence-electron chi connectivity index (χ3n) is 3.45. The van der Waals surface area contributed by atoms with Crippen molar-refractivity contribution in [3.05, 3.63) is 57.6 Å². The van der Waals surface area contributed by atoms with Gasteiger partial charge in [0.25, 0.3) is 0 Å². The van der Waals surface area contributed by atoms with Crippen LogP contribution in [0.4, 0.5) is 13.2 Å². The minimum atomic E-state index is -4.57. The highest BCUT2D eigenvalue weighted by molar-refractivity contribution is 9.09. The average Bonchev–Trinajstić information content (AvgIpc) is 2.58. The Morgan fingerprint density at radius 2 is 1.81 bits per heavy atom. The van der Waals surface area contributed by atoms with Crippen molar-refractivity contribution in [1.82, 2.24) is 0 Å². The molecule has 0 aliphatic rings. The van der Waals surface area contributed by atoms with Crippen LogP contribution >= 0.6 is 39.1 Å². The maximum absolute atomic E-state index is 12.8. The molecular formula is C17H12BrCl2F3O3. The average molecular weight is 472 g/mol. The molecule has 0 heterocycles. The quantitative estimate of drug-likeness (QED) is 0.371. The van der Waals surface area contributed by atoms with Crippen LogP contribution in [-0.4, -0.2) is 18.4 Å². The van der Waals surface area contributed by atoms with E-state index in [0.29, 0.717) is 10.9 Å². The maximum Gasteiger partial charge on any atom is 0.416 e. The highest BCUT2D eigenvalue weighted by Crippen LogP contribution is 2.42. The zero-order valence-electron chi connectivity index (χ0n) is 13.2. The van der Waals surface area contributed by atoms with Crippen LogP contribution in [0.1, 0.15) is 17.0 Å². The van der Waals surface area contributed by atoms with E-state index in [1.165, 1.54) is 7.11 Å².